The fourth-order valence-electron chi connectivity index (χ4n) is 5.86. The van der Waals surface area contributed by atoms with E-state index in [1.165, 1.54) is 22.1 Å². The Kier molecular flexibility index (Phi) is 3.81. The summed E-state index contributed by atoms with van der Waals surface area (Å²) >= 11 is 0. The molecule has 3 heterocycles. The number of nitrogens with zero attached hydrogens (tertiary/aromatic N) is 1. The summed E-state index contributed by atoms with van der Waals surface area (Å²) in [7, 11) is 0. The second-order valence-electron chi connectivity index (χ2n) is 10.2. The van der Waals surface area contributed by atoms with Gasteiger partial charge < -0.3 is 8.83 Å². The Hall–Kier alpha value is -3.85. The quantitative estimate of drug-likeness (QED) is 0.268. The van der Waals surface area contributed by atoms with E-state index in [1.54, 1.807) is 0 Å². The normalized spacial score (nSPS) is 14.4. The number of benzene rings is 3. The average Bonchev–Trinajstić information content (AvgIpc) is 3.47. The molecule has 1 aliphatic carbocycles. The van der Waals surface area contributed by atoms with Crippen molar-refractivity contribution in [3.63, 3.8) is 0 Å². The van der Waals surface area contributed by atoms with Crippen molar-refractivity contribution >= 4 is 32.9 Å². The highest BCUT2D eigenvalue weighted by molar-refractivity contribution is 6.09. The monoisotopic (exact) mass is 443 g/mol. The lowest BCUT2D eigenvalue weighted by Crippen LogP contribution is -2.16. The Balaban J connectivity index is 1.52. The van der Waals surface area contributed by atoms with Gasteiger partial charge in [-0.05, 0) is 41.3 Å². The van der Waals surface area contributed by atoms with Crippen LogP contribution in [0.3, 0.4) is 0 Å². The molecule has 3 nitrogen and oxygen atoms in total. The van der Waals surface area contributed by atoms with E-state index < -0.39 is 0 Å². The topological polar surface area (TPSA) is 39.2 Å². The van der Waals surface area contributed by atoms with Crippen LogP contribution in [0.1, 0.15) is 50.3 Å². The zero-order valence-electron chi connectivity index (χ0n) is 19.8. The van der Waals surface area contributed by atoms with Gasteiger partial charge in [-0.2, -0.15) is 0 Å². The van der Waals surface area contributed by atoms with E-state index in [4.69, 9.17) is 13.8 Å². The molecule has 0 unspecified atom stereocenters. The minimum Gasteiger partial charge on any atom is -0.456 e. The third-order valence-corrected chi connectivity index (χ3v) is 7.49. The smallest absolute Gasteiger partial charge is 0.161 e. The zero-order valence-corrected chi connectivity index (χ0v) is 19.8. The van der Waals surface area contributed by atoms with Crippen LogP contribution in [0.4, 0.5) is 0 Å². The van der Waals surface area contributed by atoms with Crippen molar-refractivity contribution in [3.05, 3.63) is 89.6 Å². The lowest BCUT2D eigenvalue weighted by molar-refractivity contribution is 0.619. The van der Waals surface area contributed by atoms with E-state index in [1.807, 2.05) is 12.3 Å². The molecule has 0 aliphatic heterocycles. The molecule has 7 rings (SSSR count). The first-order valence-electron chi connectivity index (χ1n) is 11.9. The average molecular weight is 444 g/mol. The lowest BCUT2D eigenvalue weighted by atomic mass is 9.78. The Bertz CT molecular complexity index is 1760. The van der Waals surface area contributed by atoms with Gasteiger partial charge in [0.05, 0.1) is 0 Å². The van der Waals surface area contributed by atoms with Gasteiger partial charge in [0.2, 0.25) is 0 Å². The van der Waals surface area contributed by atoms with Crippen LogP contribution >= 0.6 is 0 Å². The summed E-state index contributed by atoms with van der Waals surface area (Å²) in [6.45, 7) is 9.02. The lowest BCUT2D eigenvalue weighted by Gasteiger charge is -2.23. The molecule has 0 saturated heterocycles. The fraction of sp³-hybridized carbons (Fsp3) is 0.194. The van der Waals surface area contributed by atoms with Crippen molar-refractivity contribution in [3.8, 4) is 22.6 Å². The predicted octanol–water partition coefficient (Wildman–Crippen LogP) is 8.82. The van der Waals surface area contributed by atoms with E-state index in [9.17, 15) is 0 Å². The summed E-state index contributed by atoms with van der Waals surface area (Å²) in [5.74, 6) is 1.44. The molecule has 0 saturated carbocycles. The first-order valence-corrected chi connectivity index (χ1v) is 11.9. The van der Waals surface area contributed by atoms with Gasteiger partial charge >= 0.3 is 0 Å². The molecule has 0 amide bonds. The summed E-state index contributed by atoms with van der Waals surface area (Å²) in [6, 6.07) is 23.4. The molecule has 0 bridgehead atoms. The van der Waals surface area contributed by atoms with E-state index in [2.05, 4.69) is 88.4 Å². The van der Waals surface area contributed by atoms with E-state index in [0.29, 0.717) is 5.92 Å². The van der Waals surface area contributed by atoms with Crippen LogP contribution in [-0.4, -0.2) is 4.98 Å². The van der Waals surface area contributed by atoms with Crippen molar-refractivity contribution < 1.29 is 8.83 Å². The van der Waals surface area contributed by atoms with Crippen LogP contribution in [0.2, 0.25) is 0 Å². The maximum atomic E-state index is 6.44. The van der Waals surface area contributed by atoms with E-state index in [0.717, 1.165) is 50.1 Å². The van der Waals surface area contributed by atoms with Crippen molar-refractivity contribution in [1.82, 2.24) is 4.98 Å². The summed E-state index contributed by atoms with van der Waals surface area (Å²) < 4.78 is 12.8. The molecule has 3 aromatic heterocycles. The molecule has 0 radical (unpaired) electrons. The maximum absolute atomic E-state index is 6.44. The predicted molar refractivity (Wildman–Crippen MR) is 138 cm³/mol. The standard InChI is InChI=1S/C31H25NO2/c1-17(2)18-12-13-25-23(16-18)19-14-15-32-28(30(19)34-25)21-9-7-10-22-26(21)31(3,4)27-20-8-5-6-11-24(20)33-29(22)27/h5-17H,1-4H3. The Morgan fingerprint density at radius 2 is 1.53 bits per heavy atom. The SMILES string of the molecule is CC(C)c1ccc2oc3c(-c4cccc5c4C(C)(C)c4c-5oc5ccccc45)nccc3c2c1. The molecule has 34 heavy (non-hydrogen) atoms. The minimum absolute atomic E-state index is 0.228. The van der Waals surface area contributed by atoms with Crippen molar-refractivity contribution in [2.75, 3.05) is 0 Å². The van der Waals surface area contributed by atoms with Crippen LogP contribution < -0.4 is 0 Å². The molecule has 0 N–H and O–H groups in total. The van der Waals surface area contributed by atoms with E-state index >= 15 is 0 Å². The Morgan fingerprint density at radius 1 is 0.735 bits per heavy atom. The third kappa shape index (κ3) is 2.44. The fourth-order valence-corrected chi connectivity index (χ4v) is 5.86. The van der Waals surface area contributed by atoms with Crippen molar-refractivity contribution in [2.45, 2.75) is 39.0 Å². The molecule has 6 aromatic rings. The molecule has 3 aromatic carbocycles. The molecular formula is C31H25NO2. The van der Waals surface area contributed by atoms with Gasteiger partial charge in [-0.1, -0.05) is 70.2 Å². The first-order chi connectivity index (χ1) is 16.4. The van der Waals surface area contributed by atoms with Gasteiger partial charge in [0.15, 0.2) is 5.58 Å². The Labute approximate surface area is 198 Å². The molecule has 0 atom stereocenters. The minimum atomic E-state index is -0.228. The molecule has 1 aliphatic rings. The summed E-state index contributed by atoms with van der Waals surface area (Å²) in [6.07, 6.45) is 1.91. The highest BCUT2D eigenvalue weighted by Crippen LogP contribution is 2.55. The molecule has 3 heteroatoms. The van der Waals surface area contributed by atoms with Gasteiger partial charge in [0.25, 0.3) is 0 Å². The number of aromatic nitrogens is 1. The molecule has 0 spiro atoms. The number of pyridine rings is 1. The number of fused-ring (bicyclic) bond motifs is 8. The molecule has 166 valence electrons. The number of hydrogen-bond acceptors (Lipinski definition) is 3. The van der Waals surface area contributed by atoms with Crippen LogP contribution in [0.15, 0.2) is 81.8 Å². The number of rotatable bonds is 2. The van der Waals surface area contributed by atoms with Gasteiger partial charge in [-0.25, -0.2) is 0 Å². The summed E-state index contributed by atoms with van der Waals surface area (Å²) in [5.41, 5.74) is 9.41. The third-order valence-electron chi connectivity index (χ3n) is 7.49. The van der Waals surface area contributed by atoms with Gasteiger partial charge in [-0.15, -0.1) is 0 Å². The Morgan fingerprint density at radius 3 is 2.38 bits per heavy atom. The van der Waals surface area contributed by atoms with E-state index in [-0.39, 0.29) is 5.41 Å². The first kappa shape index (κ1) is 19.6. The summed E-state index contributed by atoms with van der Waals surface area (Å²) in [5, 5.41) is 3.44. The molecule has 0 fully saturated rings. The van der Waals surface area contributed by atoms with Gasteiger partial charge in [0, 0.05) is 44.5 Å². The van der Waals surface area contributed by atoms with Crippen LogP contribution in [-0.2, 0) is 5.41 Å². The number of para-hydroxylation sites is 1. The number of hydrogen-bond donors (Lipinski definition) is 0. The summed E-state index contributed by atoms with van der Waals surface area (Å²) in [4.78, 5) is 4.86. The maximum Gasteiger partial charge on any atom is 0.161 e. The van der Waals surface area contributed by atoms with Crippen molar-refractivity contribution in [2.24, 2.45) is 0 Å². The second-order valence-corrected chi connectivity index (χ2v) is 10.2. The van der Waals surface area contributed by atoms with Crippen molar-refractivity contribution in [1.29, 1.82) is 0 Å². The zero-order chi connectivity index (χ0) is 23.2. The van der Waals surface area contributed by atoms with Crippen LogP contribution in [0, 0.1) is 0 Å². The molecular weight excluding hydrogens is 418 g/mol. The second kappa shape index (κ2) is 6.60. The van der Waals surface area contributed by atoms with Crippen LogP contribution in [0.5, 0.6) is 0 Å². The van der Waals surface area contributed by atoms with Crippen LogP contribution in [0.25, 0.3) is 55.5 Å². The van der Waals surface area contributed by atoms with Gasteiger partial charge in [0.1, 0.15) is 22.6 Å². The highest BCUT2D eigenvalue weighted by Gasteiger charge is 2.42. The largest absolute Gasteiger partial charge is 0.456 e. The number of furan rings is 2. The highest BCUT2D eigenvalue weighted by atomic mass is 16.3. The van der Waals surface area contributed by atoms with Gasteiger partial charge in [-0.3, -0.25) is 4.98 Å².